The Bertz CT molecular complexity index is 872. The lowest BCUT2D eigenvalue weighted by atomic mass is 10.1. The third-order valence-corrected chi connectivity index (χ3v) is 4.66. The maximum absolute atomic E-state index is 12.3. The second-order valence-corrected chi connectivity index (χ2v) is 6.77. The molecule has 0 fully saturated rings. The third kappa shape index (κ3) is 6.95. The zero-order valence-corrected chi connectivity index (χ0v) is 17.8. The van der Waals surface area contributed by atoms with E-state index in [1.807, 2.05) is 57.2 Å². The number of carboxylic acids is 1. The molecule has 0 unspecified atom stereocenters. The van der Waals surface area contributed by atoms with Crippen molar-refractivity contribution in [3.05, 3.63) is 65.7 Å². The first kappa shape index (κ1) is 23.0. The Balaban J connectivity index is 2.17. The van der Waals surface area contributed by atoms with E-state index in [0.717, 1.165) is 23.1 Å². The van der Waals surface area contributed by atoms with Crippen LogP contribution in [0.15, 0.2) is 54.6 Å². The number of allylic oxidation sites excluding steroid dienone is 1. The van der Waals surface area contributed by atoms with Crippen LogP contribution < -0.4 is 9.47 Å². The van der Waals surface area contributed by atoms with Gasteiger partial charge in [-0.1, -0.05) is 36.4 Å². The lowest BCUT2D eigenvalue weighted by molar-refractivity contribution is -0.139. The fraction of sp³-hybridized carbons (Fsp3) is 0.333. The molecule has 0 bridgehead atoms. The van der Waals surface area contributed by atoms with Crippen molar-refractivity contribution in [1.29, 1.82) is 0 Å². The standard InChI is InChI=1S/C24H29NO5/c1-4-25(5-2)23(26)15-18(3)20-11-12-21(22(16-20)30-17-24(27)28)29-14-13-19-9-7-6-8-10-19/h6-12,15-16H,4-5,13-14,17H2,1-3H3,(H,27,28)/b18-15+. The molecule has 2 aromatic rings. The highest BCUT2D eigenvalue weighted by atomic mass is 16.5. The Labute approximate surface area is 177 Å². The van der Waals surface area contributed by atoms with Crippen molar-refractivity contribution in [2.45, 2.75) is 27.2 Å². The first-order valence-electron chi connectivity index (χ1n) is 10.1. The molecule has 0 aliphatic heterocycles. The molecule has 1 amide bonds. The molecule has 0 spiro atoms. The molecule has 2 rings (SSSR count). The predicted octanol–water partition coefficient (Wildman–Crippen LogP) is 4.04. The monoisotopic (exact) mass is 411 g/mol. The molecule has 1 N–H and O–H groups in total. The van der Waals surface area contributed by atoms with Gasteiger partial charge >= 0.3 is 5.97 Å². The van der Waals surface area contributed by atoms with Crippen molar-refractivity contribution in [1.82, 2.24) is 4.90 Å². The fourth-order valence-corrected chi connectivity index (χ4v) is 2.94. The van der Waals surface area contributed by atoms with E-state index in [9.17, 15) is 9.59 Å². The van der Waals surface area contributed by atoms with Crippen molar-refractivity contribution < 1.29 is 24.2 Å². The minimum atomic E-state index is -1.07. The molecule has 0 heterocycles. The van der Waals surface area contributed by atoms with Crippen LogP contribution in [0, 0.1) is 0 Å². The van der Waals surface area contributed by atoms with Crippen LogP contribution in [0.3, 0.4) is 0 Å². The summed E-state index contributed by atoms with van der Waals surface area (Å²) in [6.45, 7) is 6.95. The lowest BCUT2D eigenvalue weighted by Gasteiger charge is -2.17. The van der Waals surface area contributed by atoms with Crippen molar-refractivity contribution in [3.8, 4) is 11.5 Å². The number of amides is 1. The summed E-state index contributed by atoms with van der Waals surface area (Å²) in [5.74, 6) is -0.321. The van der Waals surface area contributed by atoms with Gasteiger partial charge in [-0.05, 0) is 49.6 Å². The van der Waals surface area contributed by atoms with Crippen LogP contribution in [-0.4, -0.2) is 48.2 Å². The van der Waals surface area contributed by atoms with Crippen molar-refractivity contribution >= 4 is 17.4 Å². The zero-order valence-electron chi connectivity index (χ0n) is 17.8. The highest BCUT2D eigenvalue weighted by Gasteiger charge is 2.12. The van der Waals surface area contributed by atoms with Gasteiger partial charge < -0.3 is 19.5 Å². The highest BCUT2D eigenvalue weighted by molar-refractivity contribution is 5.95. The molecule has 0 aliphatic carbocycles. The van der Waals surface area contributed by atoms with Crippen LogP contribution in [0.25, 0.3) is 5.57 Å². The summed E-state index contributed by atoms with van der Waals surface area (Å²) in [5, 5.41) is 8.98. The molecule has 2 aromatic carbocycles. The maximum atomic E-state index is 12.3. The Hall–Kier alpha value is -3.28. The average molecular weight is 411 g/mol. The zero-order chi connectivity index (χ0) is 21.9. The van der Waals surface area contributed by atoms with Crippen LogP contribution in [0.1, 0.15) is 31.9 Å². The van der Waals surface area contributed by atoms with E-state index >= 15 is 0 Å². The summed E-state index contributed by atoms with van der Waals surface area (Å²) in [7, 11) is 0. The molecule has 0 atom stereocenters. The summed E-state index contributed by atoms with van der Waals surface area (Å²) >= 11 is 0. The number of ether oxygens (including phenoxy) is 2. The van der Waals surface area contributed by atoms with Crippen LogP contribution in [0.5, 0.6) is 11.5 Å². The molecule has 0 aliphatic rings. The lowest BCUT2D eigenvalue weighted by Crippen LogP contribution is -2.28. The second-order valence-electron chi connectivity index (χ2n) is 6.77. The molecule has 0 saturated carbocycles. The summed E-state index contributed by atoms with van der Waals surface area (Å²) in [6.07, 6.45) is 2.30. The van der Waals surface area contributed by atoms with Gasteiger partial charge in [0.25, 0.3) is 0 Å². The largest absolute Gasteiger partial charge is 0.489 e. The number of carboxylic acid groups (broad SMARTS) is 1. The van der Waals surface area contributed by atoms with E-state index in [-0.39, 0.29) is 5.91 Å². The van der Waals surface area contributed by atoms with E-state index in [1.165, 1.54) is 0 Å². The molecule has 0 aromatic heterocycles. The number of carbonyl (C=O) groups is 2. The van der Waals surface area contributed by atoms with Crippen LogP contribution in [0.4, 0.5) is 0 Å². The second kappa shape index (κ2) is 11.7. The Morgan fingerprint density at radius 1 is 1.00 bits per heavy atom. The number of hydrogen-bond acceptors (Lipinski definition) is 4. The van der Waals surface area contributed by atoms with Crippen molar-refractivity contribution in [2.24, 2.45) is 0 Å². The molecule has 0 saturated heterocycles. The summed E-state index contributed by atoms with van der Waals surface area (Å²) < 4.78 is 11.3. The van der Waals surface area contributed by atoms with Crippen LogP contribution >= 0.6 is 0 Å². The molecule has 160 valence electrons. The van der Waals surface area contributed by atoms with E-state index in [4.69, 9.17) is 14.6 Å². The Morgan fingerprint density at radius 3 is 2.33 bits per heavy atom. The van der Waals surface area contributed by atoms with Gasteiger partial charge in [0.15, 0.2) is 18.1 Å². The minimum absolute atomic E-state index is 0.0614. The average Bonchev–Trinajstić information content (AvgIpc) is 2.74. The first-order valence-corrected chi connectivity index (χ1v) is 10.1. The van der Waals surface area contributed by atoms with E-state index < -0.39 is 12.6 Å². The van der Waals surface area contributed by atoms with Gasteiger partial charge in [-0.15, -0.1) is 0 Å². The number of rotatable bonds is 11. The molecular weight excluding hydrogens is 382 g/mol. The van der Waals surface area contributed by atoms with Crippen LogP contribution in [0.2, 0.25) is 0 Å². The number of nitrogens with zero attached hydrogens (tertiary/aromatic N) is 1. The smallest absolute Gasteiger partial charge is 0.341 e. The number of likely N-dealkylation sites (N-methyl/N-ethyl adjacent to an activating group) is 1. The molecule has 0 radical (unpaired) electrons. The summed E-state index contributed by atoms with van der Waals surface area (Å²) in [5.41, 5.74) is 2.69. The van der Waals surface area contributed by atoms with E-state index in [2.05, 4.69) is 0 Å². The van der Waals surface area contributed by atoms with Crippen molar-refractivity contribution in [3.63, 3.8) is 0 Å². The molecular formula is C24H29NO5. The number of aliphatic carboxylic acids is 1. The van der Waals surface area contributed by atoms with Gasteiger partial charge in [-0.2, -0.15) is 0 Å². The van der Waals surface area contributed by atoms with Gasteiger partial charge in [0, 0.05) is 25.6 Å². The topological polar surface area (TPSA) is 76.1 Å². The van der Waals surface area contributed by atoms with Crippen LogP contribution in [-0.2, 0) is 16.0 Å². The molecule has 30 heavy (non-hydrogen) atoms. The normalized spacial score (nSPS) is 11.1. The molecule has 6 heteroatoms. The number of carbonyl (C=O) groups excluding carboxylic acids is 1. The fourth-order valence-electron chi connectivity index (χ4n) is 2.94. The summed E-state index contributed by atoms with van der Waals surface area (Å²) in [6, 6.07) is 15.2. The van der Waals surface area contributed by atoms with Crippen molar-refractivity contribution in [2.75, 3.05) is 26.3 Å². The van der Waals surface area contributed by atoms with Gasteiger partial charge in [0.05, 0.1) is 6.61 Å². The number of hydrogen-bond donors (Lipinski definition) is 1. The van der Waals surface area contributed by atoms with E-state index in [0.29, 0.717) is 31.2 Å². The first-order chi connectivity index (χ1) is 14.4. The Morgan fingerprint density at radius 2 is 1.70 bits per heavy atom. The van der Waals surface area contributed by atoms with Gasteiger partial charge in [0.2, 0.25) is 5.91 Å². The highest BCUT2D eigenvalue weighted by Crippen LogP contribution is 2.31. The van der Waals surface area contributed by atoms with E-state index in [1.54, 1.807) is 23.1 Å². The minimum Gasteiger partial charge on any atom is -0.489 e. The van der Waals surface area contributed by atoms with Gasteiger partial charge in [-0.25, -0.2) is 4.79 Å². The predicted molar refractivity (Wildman–Crippen MR) is 117 cm³/mol. The molecule has 6 nitrogen and oxygen atoms in total. The maximum Gasteiger partial charge on any atom is 0.341 e. The Kier molecular flexibility index (Phi) is 8.94. The quantitative estimate of drug-likeness (QED) is 0.565. The van der Waals surface area contributed by atoms with Gasteiger partial charge in [0.1, 0.15) is 0 Å². The number of benzene rings is 2. The third-order valence-electron chi connectivity index (χ3n) is 4.66. The van der Waals surface area contributed by atoms with Gasteiger partial charge in [-0.3, -0.25) is 4.79 Å². The SMILES string of the molecule is CCN(CC)C(=O)/C=C(\C)c1ccc(OCCc2ccccc2)c(OCC(=O)O)c1. The summed E-state index contributed by atoms with van der Waals surface area (Å²) in [4.78, 5) is 25.0.